The maximum atomic E-state index is 3.50. The molecular weight excluding hydrogens is 244 g/mol. The normalized spacial score (nSPS) is 15.8. The highest BCUT2D eigenvalue weighted by atomic mass is 15.1. The maximum absolute atomic E-state index is 3.50. The Labute approximate surface area is 124 Å². The van der Waals surface area contributed by atoms with Gasteiger partial charge in [-0.1, -0.05) is 44.5 Å². The van der Waals surface area contributed by atoms with Crippen LogP contribution >= 0.6 is 0 Å². The Morgan fingerprint density at radius 3 is 2.35 bits per heavy atom. The van der Waals surface area contributed by atoms with Gasteiger partial charge in [0.25, 0.3) is 0 Å². The molecule has 0 bridgehead atoms. The number of nitrogens with zero attached hydrogens (tertiary/aromatic N) is 1. The van der Waals surface area contributed by atoms with E-state index in [1.807, 2.05) is 0 Å². The van der Waals surface area contributed by atoms with Crippen LogP contribution in [-0.4, -0.2) is 31.1 Å². The molecule has 2 heteroatoms. The summed E-state index contributed by atoms with van der Waals surface area (Å²) in [6.07, 6.45) is 5.31. The van der Waals surface area contributed by atoms with E-state index in [0.717, 1.165) is 38.0 Å². The van der Waals surface area contributed by atoms with Crippen LogP contribution in [0.25, 0.3) is 0 Å². The smallest absolute Gasteiger partial charge is 0.0233 e. The Morgan fingerprint density at radius 1 is 1.15 bits per heavy atom. The summed E-state index contributed by atoms with van der Waals surface area (Å²) in [5, 5.41) is 3.50. The van der Waals surface area contributed by atoms with Gasteiger partial charge in [0.05, 0.1) is 0 Å². The summed E-state index contributed by atoms with van der Waals surface area (Å²) < 4.78 is 0. The van der Waals surface area contributed by atoms with Crippen LogP contribution in [0.3, 0.4) is 0 Å². The third-order valence-electron chi connectivity index (χ3n) is 4.30. The number of hydrogen-bond acceptors (Lipinski definition) is 2. The first-order valence-corrected chi connectivity index (χ1v) is 8.14. The van der Waals surface area contributed by atoms with Crippen LogP contribution in [-0.2, 0) is 13.0 Å². The second-order valence-corrected chi connectivity index (χ2v) is 6.66. The highest BCUT2D eigenvalue weighted by Gasteiger charge is 2.21. The van der Waals surface area contributed by atoms with Crippen LogP contribution in [0, 0.1) is 5.92 Å². The van der Waals surface area contributed by atoms with Crippen LogP contribution in [0.2, 0.25) is 0 Å². The van der Waals surface area contributed by atoms with Crippen molar-refractivity contribution in [2.24, 2.45) is 5.92 Å². The summed E-state index contributed by atoms with van der Waals surface area (Å²) in [6.45, 7) is 7.79. The van der Waals surface area contributed by atoms with Gasteiger partial charge in [-0.3, -0.25) is 4.90 Å². The second kappa shape index (κ2) is 7.80. The van der Waals surface area contributed by atoms with Crippen LogP contribution in [0.15, 0.2) is 24.3 Å². The number of rotatable bonds is 8. The lowest BCUT2D eigenvalue weighted by Gasteiger charge is -2.34. The van der Waals surface area contributed by atoms with E-state index in [4.69, 9.17) is 0 Å². The van der Waals surface area contributed by atoms with E-state index < -0.39 is 0 Å². The van der Waals surface area contributed by atoms with Crippen molar-refractivity contribution in [3.05, 3.63) is 35.4 Å². The summed E-state index contributed by atoms with van der Waals surface area (Å²) >= 11 is 0. The van der Waals surface area contributed by atoms with Gasteiger partial charge in [-0.2, -0.15) is 0 Å². The highest BCUT2D eigenvalue weighted by molar-refractivity contribution is 5.22. The van der Waals surface area contributed by atoms with E-state index in [9.17, 15) is 0 Å². The molecule has 20 heavy (non-hydrogen) atoms. The zero-order valence-corrected chi connectivity index (χ0v) is 13.4. The molecule has 1 fully saturated rings. The largest absolute Gasteiger partial charge is 0.316 e. The van der Waals surface area contributed by atoms with Crippen molar-refractivity contribution in [3.63, 3.8) is 0 Å². The minimum Gasteiger partial charge on any atom is -0.316 e. The van der Waals surface area contributed by atoms with Gasteiger partial charge in [-0.05, 0) is 56.4 Å². The molecule has 2 rings (SSSR count). The van der Waals surface area contributed by atoms with Gasteiger partial charge in [-0.15, -0.1) is 0 Å². The first-order valence-electron chi connectivity index (χ1n) is 8.14. The van der Waals surface area contributed by atoms with Gasteiger partial charge in [0.15, 0.2) is 0 Å². The molecule has 0 amide bonds. The van der Waals surface area contributed by atoms with Crippen molar-refractivity contribution in [3.8, 4) is 0 Å². The van der Waals surface area contributed by atoms with Gasteiger partial charge >= 0.3 is 0 Å². The maximum Gasteiger partial charge on any atom is 0.0233 e. The molecular formula is C18H30N2. The predicted molar refractivity (Wildman–Crippen MR) is 87.0 cm³/mol. The van der Waals surface area contributed by atoms with Crippen LogP contribution < -0.4 is 5.32 Å². The van der Waals surface area contributed by atoms with Gasteiger partial charge < -0.3 is 5.32 Å². The zero-order chi connectivity index (χ0) is 14.4. The molecule has 0 spiro atoms. The molecule has 0 aliphatic heterocycles. The first kappa shape index (κ1) is 15.5. The Balaban J connectivity index is 1.71. The summed E-state index contributed by atoms with van der Waals surface area (Å²) in [5.74, 6) is 0.736. The van der Waals surface area contributed by atoms with Crippen LogP contribution in [0.5, 0.6) is 0 Å². The van der Waals surface area contributed by atoms with Crippen molar-refractivity contribution in [2.75, 3.05) is 20.1 Å². The van der Waals surface area contributed by atoms with Crippen LogP contribution in [0.1, 0.15) is 44.2 Å². The molecule has 0 unspecified atom stereocenters. The minimum absolute atomic E-state index is 0.736. The Kier molecular flexibility index (Phi) is 6.06. The van der Waals surface area contributed by atoms with Gasteiger partial charge in [-0.25, -0.2) is 0 Å². The van der Waals surface area contributed by atoms with E-state index in [2.05, 4.69) is 55.4 Å². The monoisotopic (exact) mass is 274 g/mol. The highest BCUT2D eigenvalue weighted by Crippen LogP contribution is 2.24. The standard InChI is InChI=1S/C18H30N2/c1-15(2)13-19-12-11-16-7-9-17(10-8-16)14-20(3)18-5-4-6-18/h7-10,15,18-19H,4-6,11-14H2,1-3H3. The molecule has 0 atom stereocenters. The fourth-order valence-electron chi connectivity index (χ4n) is 2.68. The third-order valence-corrected chi connectivity index (χ3v) is 4.30. The summed E-state index contributed by atoms with van der Waals surface area (Å²) in [5.41, 5.74) is 2.88. The van der Waals surface area contributed by atoms with Crippen molar-refractivity contribution in [2.45, 2.75) is 52.1 Å². The SMILES string of the molecule is CC(C)CNCCc1ccc(CN(C)C2CCC2)cc1. The van der Waals surface area contributed by atoms with E-state index >= 15 is 0 Å². The first-order chi connectivity index (χ1) is 9.65. The van der Waals surface area contributed by atoms with Crippen molar-refractivity contribution in [1.29, 1.82) is 0 Å². The predicted octanol–water partition coefficient (Wildman–Crippen LogP) is 3.46. The van der Waals surface area contributed by atoms with E-state index in [1.54, 1.807) is 0 Å². The van der Waals surface area contributed by atoms with Gasteiger partial charge in [0, 0.05) is 12.6 Å². The lowest BCUT2D eigenvalue weighted by atomic mass is 9.91. The van der Waals surface area contributed by atoms with Crippen molar-refractivity contribution in [1.82, 2.24) is 10.2 Å². The molecule has 1 N–H and O–H groups in total. The molecule has 1 aliphatic carbocycles. The molecule has 0 radical (unpaired) electrons. The number of hydrogen-bond donors (Lipinski definition) is 1. The summed E-state index contributed by atoms with van der Waals surface area (Å²) in [7, 11) is 2.26. The average molecular weight is 274 g/mol. The molecule has 1 aliphatic rings. The van der Waals surface area contributed by atoms with Crippen LogP contribution in [0.4, 0.5) is 0 Å². The molecule has 112 valence electrons. The second-order valence-electron chi connectivity index (χ2n) is 6.66. The van der Waals surface area contributed by atoms with E-state index in [0.29, 0.717) is 0 Å². The number of benzene rings is 1. The lowest BCUT2D eigenvalue weighted by Crippen LogP contribution is -2.36. The molecule has 1 aromatic rings. The summed E-state index contributed by atoms with van der Waals surface area (Å²) in [4.78, 5) is 2.50. The topological polar surface area (TPSA) is 15.3 Å². The Bertz CT molecular complexity index is 379. The van der Waals surface area contributed by atoms with Crippen molar-refractivity contribution >= 4 is 0 Å². The molecule has 0 saturated heterocycles. The Morgan fingerprint density at radius 2 is 1.80 bits per heavy atom. The zero-order valence-electron chi connectivity index (χ0n) is 13.4. The minimum atomic E-state index is 0.736. The lowest BCUT2D eigenvalue weighted by molar-refractivity contribution is 0.152. The fourth-order valence-corrected chi connectivity index (χ4v) is 2.68. The quantitative estimate of drug-likeness (QED) is 0.730. The van der Waals surface area contributed by atoms with E-state index in [-0.39, 0.29) is 0 Å². The van der Waals surface area contributed by atoms with Gasteiger partial charge in [0.2, 0.25) is 0 Å². The number of nitrogens with one attached hydrogen (secondary N) is 1. The molecule has 0 heterocycles. The third kappa shape index (κ3) is 4.92. The van der Waals surface area contributed by atoms with E-state index in [1.165, 1.54) is 30.4 Å². The molecule has 1 aromatic carbocycles. The summed E-state index contributed by atoms with van der Waals surface area (Å²) in [6, 6.07) is 10.0. The van der Waals surface area contributed by atoms with Gasteiger partial charge in [0.1, 0.15) is 0 Å². The fraction of sp³-hybridized carbons (Fsp3) is 0.667. The average Bonchev–Trinajstić information content (AvgIpc) is 2.34. The molecule has 0 aromatic heterocycles. The van der Waals surface area contributed by atoms with Crippen molar-refractivity contribution < 1.29 is 0 Å². The molecule has 1 saturated carbocycles. The molecule has 2 nitrogen and oxygen atoms in total. The Hall–Kier alpha value is -0.860.